The highest BCUT2D eigenvalue weighted by Crippen LogP contribution is 2.39. The molecule has 1 aliphatic heterocycles. The Bertz CT molecular complexity index is 1080. The molecule has 0 unspecified atom stereocenters. The Morgan fingerprint density at radius 2 is 1.57 bits per heavy atom. The molecule has 2 atom stereocenters. The third kappa shape index (κ3) is 4.12. The monoisotopic (exact) mass is 423 g/mol. The first kappa shape index (κ1) is 20.6. The van der Waals surface area contributed by atoms with Crippen LogP contribution in [0.3, 0.4) is 0 Å². The van der Waals surface area contributed by atoms with E-state index in [4.69, 9.17) is 9.47 Å². The Hall–Kier alpha value is -2.67. The van der Waals surface area contributed by atoms with Gasteiger partial charge in [0.1, 0.15) is 12.5 Å². The molecule has 0 bridgehead atoms. The second-order valence-electron chi connectivity index (χ2n) is 7.46. The molecule has 6 heteroatoms. The van der Waals surface area contributed by atoms with E-state index in [2.05, 4.69) is 0 Å². The van der Waals surface area contributed by atoms with Crippen LogP contribution in [0, 0.1) is 6.92 Å². The Morgan fingerprint density at radius 1 is 0.900 bits per heavy atom. The molecule has 30 heavy (non-hydrogen) atoms. The SMILES string of the molecule is COc1ccc([C@H]2CN(S(=O)(=O)c3ccc(C)cc3)CO[C@H]2c2ccccc2)cc1. The van der Waals surface area contributed by atoms with Crippen molar-refractivity contribution in [2.75, 3.05) is 20.4 Å². The van der Waals surface area contributed by atoms with Crippen molar-refractivity contribution >= 4 is 10.0 Å². The topological polar surface area (TPSA) is 55.8 Å². The summed E-state index contributed by atoms with van der Waals surface area (Å²) in [6, 6.07) is 24.6. The number of hydrogen-bond acceptors (Lipinski definition) is 4. The van der Waals surface area contributed by atoms with Crippen LogP contribution < -0.4 is 4.74 Å². The van der Waals surface area contributed by atoms with Crippen molar-refractivity contribution in [2.45, 2.75) is 23.8 Å². The fraction of sp³-hybridized carbons (Fsp3) is 0.250. The van der Waals surface area contributed by atoms with E-state index >= 15 is 0 Å². The van der Waals surface area contributed by atoms with Gasteiger partial charge in [-0.15, -0.1) is 0 Å². The van der Waals surface area contributed by atoms with Gasteiger partial charge in [-0.25, -0.2) is 8.42 Å². The van der Waals surface area contributed by atoms with Crippen molar-refractivity contribution in [1.82, 2.24) is 4.31 Å². The van der Waals surface area contributed by atoms with E-state index < -0.39 is 10.0 Å². The lowest BCUT2D eigenvalue weighted by Gasteiger charge is -2.38. The Kier molecular flexibility index (Phi) is 5.90. The van der Waals surface area contributed by atoms with Gasteiger partial charge in [0.05, 0.1) is 18.1 Å². The summed E-state index contributed by atoms with van der Waals surface area (Å²) < 4.78 is 39.3. The number of aryl methyl sites for hydroxylation is 1. The van der Waals surface area contributed by atoms with Crippen molar-refractivity contribution < 1.29 is 17.9 Å². The van der Waals surface area contributed by atoms with Crippen LogP contribution in [0.5, 0.6) is 5.75 Å². The summed E-state index contributed by atoms with van der Waals surface area (Å²) in [5.74, 6) is 0.614. The molecule has 0 spiro atoms. The molecule has 3 aromatic rings. The van der Waals surface area contributed by atoms with Crippen LogP contribution in [0.15, 0.2) is 83.8 Å². The van der Waals surface area contributed by atoms with E-state index in [9.17, 15) is 8.42 Å². The molecule has 1 saturated heterocycles. The van der Waals surface area contributed by atoms with Gasteiger partial charge in [-0.3, -0.25) is 0 Å². The summed E-state index contributed by atoms with van der Waals surface area (Å²) in [7, 11) is -2.03. The fourth-order valence-corrected chi connectivity index (χ4v) is 5.11. The Labute approximate surface area is 177 Å². The van der Waals surface area contributed by atoms with Crippen LogP contribution in [-0.4, -0.2) is 33.1 Å². The first-order chi connectivity index (χ1) is 14.5. The van der Waals surface area contributed by atoms with Crippen molar-refractivity contribution in [1.29, 1.82) is 0 Å². The van der Waals surface area contributed by atoms with E-state index in [0.29, 0.717) is 6.54 Å². The zero-order valence-electron chi connectivity index (χ0n) is 17.1. The first-order valence-corrected chi connectivity index (χ1v) is 11.3. The van der Waals surface area contributed by atoms with Gasteiger partial charge in [-0.05, 0) is 42.3 Å². The molecule has 0 aliphatic carbocycles. The number of sulfonamides is 1. The van der Waals surface area contributed by atoms with E-state index in [1.165, 1.54) is 4.31 Å². The molecule has 5 nitrogen and oxygen atoms in total. The predicted molar refractivity (Wildman–Crippen MR) is 116 cm³/mol. The second kappa shape index (κ2) is 8.60. The Balaban J connectivity index is 1.68. The number of hydrogen-bond donors (Lipinski definition) is 0. The second-order valence-corrected chi connectivity index (χ2v) is 9.40. The highest BCUT2D eigenvalue weighted by Gasteiger charge is 2.37. The molecule has 1 heterocycles. The summed E-state index contributed by atoms with van der Waals surface area (Å²) in [5, 5.41) is 0. The quantitative estimate of drug-likeness (QED) is 0.606. The van der Waals surface area contributed by atoms with Gasteiger partial charge in [0.2, 0.25) is 10.0 Å². The molecular weight excluding hydrogens is 398 g/mol. The maximum absolute atomic E-state index is 13.2. The Morgan fingerprint density at radius 3 is 2.20 bits per heavy atom. The van der Waals surface area contributed by atoms with Crippen molar-refractivity contribution in [3.05, 3.63) is 95.6 Å². The van der Waals surface area contributed by atoms with Gasteiger partial charge >= 0.3 is 0 Å². The molecule has 0 amide bonds. The van der Waals surface area contributed by atoms with E-state index in [1.807, 2.05) is 73.7 Å². The predicted octanol–water partition coefficient (Wildman–Crippen LogP) is 4.51. The molecule has 4 rings (SSSR count). The normalized spacial score (nSPS) is 20.1. The van der Waals surface area contributed by atoms with Crippen LogP contribution >= 0.6 is 0 Å². The fourth-order valence-electron chi connectivity index (χ4n) is 3.78. The van der Waals surface area contributed by atoms with Crippen LogP contribution in [0.4, 0.5) is 0 Å². The minimum absolute atomic E-state index is 0.0163. The molecule has 0 radical (unpaired) electrons. The van der Waals surface area contributed by atoms with Gasteiger partial charge in [-0.1, -0.05) is 60.2 Å². The molecule has 0 saturated carbocycles. The largest absolute Gasteiger partial charge is 0.497 e. The third-order valence-corrected chi connectivity index (χ3v) is 7.30. The number of methoxy groups -OCH3 is 1. The zero-order chi connectivity index (χ0) is 21.1. The van der Waals surface area contributed by atoms with Crippen LogP contribution in [0.25, 0.3) is 0 Å². The summed E-state index contributed by atoms with van der Waals surface area (Å²) in [4.78, 5) is 0.281. The standard InChI is InChI=1S/C24H25NO4S/c1-18-8-14-22(15-9-18)30(26,27)25-16-23(19-10-12-21(28-2)13-11-19)24(29-17-25)20-6-4-3-5-7-20/h3-15,23-24H,16-17H2,1-2H3/t23-,24+/m1/s1. The molecule has 1 aliphatic rings. The summed E-state index contributed by atoms with van der Waals surface area (Å²) in [5.41, 5.74) is 3.06. The van der Waals surface area contributed by atoms with E-state index in [-0.39, 0.29) is 23.6 Å². The number of rotatable bonds is 5. The van der Waals surface area contributed by atoms with Gasteiger partial charge in [0.25, 0.3) is 0 Å². The van der Waals surface area contributed by atoms with Crippen molar-refractivity contribution in [3.8, 4) is 5.75 Å². The maximum atomic E-state index is 13.2. The lowest BCUT2D eigenvalue weighted by Crippen LogP contribution is -2.43. The van der Waals surface area contributed by atoms with Crippen molar-refractivity contribution in [3.63, 3.8) is 0 Å². The highest BCUT2D eigenvalue weighted by atomic mass is 32.2. The van der Waals surface area contributed by atoms with Crippen LogP contribution in [0.2, 0.25) is 0 Å². The average molecular weight is 424 g/mol. The summed E-state index contributed by atoms with van der Waals surface area (Å²) in [6.07, 6.45) is -0.232. The molecule has 1 fully saturated rings. The van der Waals surface area contributed by atoms with Gasteiger partial charge in [0, 0.05) is 12.5 Å². The summed E-state index contributed by atoms with van der Waals surface area (Å²) in [6.45, 7) is 2.29. The zero-order valence-corrected chi connectivity index (χ0v) is 17.9. The molecule has 0 N–H and O–H groups in total. The summed E-state index contributed by atoms with van der Waals surface area (Å²) >= 11 is 0. The number of nitrogens with zero attached hydrogens (tertiary/aromatic N) is 1. The molecule has 156 valence electrons. The number of benzene rings is 3. The van der Waals surface area contributed by atoms with Crippen molar-refractivity contribution in [2.24, 2.45) is 0 Å². The molecule has 3 aromatic carbocycles. The number of ether oxygens (including phenoxy) is 2. The van der Waals surface area contributed by atoms with Gasteiger partial charge in [-0.2, -0.15) is 4.31 Å². The maximum Gasteiger partial charge on any atom is 0.245 e. The smallest absolute Gasteiger partial charge is 0.245 e. The highest BCUT2D eigenvalue weighted by molar-refractivity contribution is 7.89. The minimum Gasteiger partial charge on any atom is -0.497 e. The minimum atomic E-state index is -3.65. The molecule has 0 aromatic heterocycles. The third-order valence-electron chi connectivity index (χ3n) is 5.49. The van der Waals surface area contributed by atoms with Crippen LogP contribution in [0.1, 0.15) is 28.7 Å². The average Bonchev–Trinajstić information content (AvgIpc) is 2.79. The lowest BCUT2D eigenvalue weighted by atomic mass is 9.88. The van der Waals surface area contributed by atoms with Gasteiger partial charge in [0.15, 0.2) is 0 Å². The van der Waals surface area contributed by atoms with Crippen LogP contribution in [-0.2, 0) is 14.8 Å². The lowest BCUT2D eigenvalue weighted by molar-refractivity contribution is -0.0511. The molecular formula is C24H25NO4S. The van der Waals surface area contributed by atoms with E-state index in [1.54, 1.807) is 19.2 Å². The first-order valence-electron chi connectivity index (χ1n) is 9.86. The van der Waals surface area contributed by atoms with Gasteiger partial charge < -0.3 is 9.47 Å². The van der Waals surface area contributed by atoms with E-state index in [0.717, 1.165) is 22.4 Å².